The molecule has 39 heavy (non-hydrogen) atoms. The number of fused-ring (bicyclic) bond motifs is 1. The first-order valence-corrected chi connectivity index (χ1v) is 14.6. The van der Waals surface area contributed by atoms with Gasteiger partial charge < -0.3 is 30.7 Å². The lowest BCUT2D eigenvalue weighted by molar-refractivity contribution is -0.00377. The van der Waals surface area contributed by atoms with Crippen LogP contribution in [0.5, 0.6) is 11.5 Å². The van der Waals surface area contributed by atoms with E-state index in [0.29, 0.717) is 44.0 Å². The van der Waals surface area contributed by atoms with Gasteiger partial charge in [0.1, 0.15) is 5.82 Å². The fourth-order valence-corrected chi connectivity index (χ4v) is 5.55. The average Bonchev–Trinajstić information content (AvgIpc) is 2.96. The maximum atomic E-state index is 11.0. The number of nitrogen functional groups attached to an aromatic ring is 1. The number of ether oxygens (including phenoxy) is 2. The standard InChI is InChI=1S/C32H45N3O4/c1-22-7-6-10-27(38-21-24-19-35-32(33)29(20-34-2)28(24)15-11-22)18-25(36)14-12-23-13-16-30(37)31(17-23)39-26-8-4-3-5-9-26/h13,16-17,19,22,25-27,34,36-37H,3-10,12,14,18,20-21H2,1-2H3,(H2,33,35)/t22-,25+,27-/m0/s1. The molecule has 1 aliphatic heterocycles. The lowest BCUT2D eigenvalue weighted by atomic mass is 9.97. The Labute approximate surface area is 233 Å². The van der Waals surface area contributed by atoms with Gasteiger partial charge in [-0.1, -0.05) is 31.3 Å². The molecular formula is C32H45N3O4. The molecule has 1 aliphatic carbocycles. The molecule has 2 aliphatic rings. The number of nitrogens with zero attached hydrogens (tertiary/aromatic N) is 1. The summed E-state index contributed by atoms with van der Waals surface area (Å²) >= 11 is 0. The van der Waals surface area contributed by atoms with Crippen LogP contribution < -0.4 is 15.8 Å². The fraction of sp³-hybridized carbons (Fsp3) is 0.594. The molecule has 7 nitrogen and oxygen atoms in total. The van der Waals surface area contributed by atoms with Gasteiger partial charge in [-0.25, -0.2) is 4.98 Å². The van der Waals surface area contributed by atoms with Crippen LogP contribution in [-0.2, 0) is 24.3 Å². The number of nitrogens with one attached hydrogen (secondary N) is 1. The maximum Gasteiger partial charge on any atom is 0.161 e. The molecule has 0 amide bonds. The zero-order chi connectivity index (χ0) is 27.6. The van der Waals surface area contributed by atoms with Crippen molar-refractivity contribution in [2.24, 2.45) is 5.92 Å². The van der Waals surface area contributed by atoms with Crippen molar-refractivity contribution in [1.82, 2.24) is 10.3 Å². The minimum atomic E-state index is -0.491. The number of aromatic hydroxyl groups is 1. The van der Waals surface area contributed by atoms with Crippen molar-refractivity contribution >= 4 is 5.82 Å². The van der Waals surface area contributed by atoms with E-state index in [1.165, 1.54) is 19.3 Å². The number of aliphatic hydroxyl groups is 1. The molecule has 2 aromatic rings. The molecule has 0 saturated heterocycles. The molecule has 1 saturated carbocycles. The van der Waals surface area contributed by atoms with Crippen molar-refractivity contribution in [3.8, 4) is 23.3 Å². The Morgan fingerprint density at radius 2 is 2.00 bits per heavy atom. The molecule has 2 heterocycles. The van der Waals surface area contributed by atoms with E-state index >= 15 is 0 Å². The Bertz CT molecular complexity index is 1140. The van der Waals surface area contributed by atoms with E-state index < -0.39 is 6.10 Å². The number of aryl methyl sites for hydroxylation is 1. The van der Waals surface area contributed by atoms with Crippen molar-refractivity contribution in [3.05, 3.63) is 46.6 Å². The van der Waals surface area contributed by atoms with Gasteiger partial charge in [-0.2, -0.15) is 0 Å². The van der Waals surface area contributed by atoms with E-state index in [1.54, 1.807) is 12.3 Å². The van der Waals surface area contributed by atoms with Gasteiger partial charge in [-0.05, 0) is 89.0 Å². The van der Waals surface area contributed by atoms with Crippen LogP contribution in [0.4, 0.5) is 5.82 Å². The van der Waals surface area contributed by atoms with Gasteiger partial charge >= 0.3 is 0 Å². The number of anilines is 1. The van der Waals surface area contributed by atoms with E-state index in [1.807, 2.05) is 19.2 Å². The molecule has 0 spiro atoms. The normalized spacial score (nSPS) is 21.2. The third kappa shape index (κ3) is 8.60. The van der Waals surface area contributed by atoms with E-state index in [0.717, 1.165) is 54.4 Å². The van der Waals surface area contributed by atoms with Crippen LogP contribution >= 0.6 is 0 Å². The van der Waals surface area contributed by atoms with E-state index in [-0.39, 0.29) is 23.9 Å². The van der Waals surface area contributed by atoms with Crippen LogP contribution in [0, 0.1) is 17.8 Å². The third-order valence-electron chi connectivity index (χ3n) is 7.90. The summed E-state index contributed by atoms with van der Waals surface area (Å²) in [6, 6.07) is 5.55. The maximum absolute atomic E-state index is 11.0. The van der Waals surface area contributed by atoms with E-state index in [4.69, 9.17) is 15.2 Å². The van der Waals surface area contributed by atoms with Gasteiger partial charge in [-0.3, -0.25) is 0 Å². The van der Waals surface area contributed by atoms with Crippen molar-refractivity contribution in [1.29, 1.82) is 0 Å². The Balaban J connectivity index is 1.37. The molecule has 4 rings (SSSR count). The lowest BCUT2D eigenvalue weighted by Crippen LogP contribution is -2.22. The number of phenols is 1. The highest BCUT2D eigenvalue weighted by Crippen LogP contribution is 2.32. The van der Waals surface area contributed by atoms with Crippen LogP contribution in [0.15, 0.2) is 24.4 Å². The van der Waals surface area contributed by atoms with Crippen LogP contribution in [0.1, 0.15) is 93.4 Å². The van der Waals surface area contributed by atoms with Crippen molar-refractivity contribution in [2.75, 3.05) is 12.8 Å². The number of benzene rings is 1. The van der Waals surface area contributed by atoms with Crippen LogP contribution in [-0.4, -0.2) is 40.6 Å². The number of nitrogens with two attached hydrogens (primary N) is 1. The number of rotatable bonds is 9. The highest BCUT2D eigenvalue weighted by Gasteiger charge is 2.20. The van der Waals surface area contributed by atoms with Gasteiger partial charge in [0, 0.05) is 35.3 Å². The number of hydrogen-bond acceptors (Lipinski definition) is 7. The first-order chi connectivity index (χ1) is 18.9. The predicted molar refractivity (Wildman–Crippen MR) is 154 cm³/mol. The summed E-state index contributed by atoms with van der Waals surface area (Å²) in [6.45, 7) is 3.14. The summed E-state index contributed by atoms with van der Waals surface area (Å²) in [7, 11) is 1.89. The molecular weight excluding hydrogens is 490 g/mol. The van der Waals surface area contributed by atoms with Crippen molar-refractivity contribution < 1.29 is 19.7 Å². The molecule has 212 valence electrons. The molecule has 7 heteroatoms. The van der Waals surface area contributed by atoms with E-state index in [9.17, 15) is 10.2 Å². The lowest BCUT2D eigenvalue weighted by Gasteiger charge is -2.24. The second-order valence-electron chi connectivity index (χ2n) is 11.2. The Morgan fingerprint density at radius 1 is 1.18 bits per heavy atom. The summed E-state index contributed by atoms with van der Waals surface area (Å²) in [5.41, 5.74) is 9.99. The SMILES string of the molecule is CNCc1c(N)ncc2c1C#C[C@@H](C)CCC[C@@H](C[C@H](O)CCc1ccc(O)c(OC3CCCCC3)c1)OC2. The zero-order valence-electron chi connectivity index (χ0n) is 23.5. The minimum Gasteiger partial charge on any atom is -0.504 e. The molecule has 1 aromatic carbocycles. The Kier molecular flexibility index (Phi) is 10.9. The summed E-state index contributed by atoms with van der Waals surface area (Å²) in [5, 5.41) is 24.4. The Hall–Kier alpha value is -2.79. The van der Waals surface area contributed by atoms with Gasteiger partial charge in [-0.15, -0.1) is 0 Å². The second kappa shape index (κ2) is 14.6. The van der Waals surface area contributed by atoms with Gasteiger partial charge in [0.25, 0.3) is 0 Å². The van der Waals surface area contributed by atoms with Gasteiger partial charge in [0.05, 0.1) is 24.9 Å². The van der Waals surface area contributed by atoms with Crippen molar-refractivity contribution in [2.45, 2.75) is 109 Å². The highest BCUT2D eigenvalue weighted by molar-refractivity contribution is 5.55. The molecule has 5 N–H and O–H groups in total. The number of phenolic OH excluding ortho intramolecular Hbond substituents is 1. The first-order valence-electron chi connectivity index (χ1n) is 14.6. The molecule has 1 aromatic heterocycles. The molecule has 0 unspecified atom stereocenters. The van der Waals surface area contributed by atoms with E-state index in [2.05, 4.69) is 29.1 Å². The molecule has 1 fully saturated rings. The summed E-state index contributed by atoms with van der Waals surface area (Å²) in [5.74, 6) is 8.26. The number of aliphatic hydroxyl groups excluding tert-OH is 1. The summed E-state index contributed by atoms with van der Waals surface area (Å²) < 4.78 is 12.5. The van der Waals surface area contributed by atoms with Crippen LogP contribution in [0.2, 0.25) is 0 Å². The highest BCUT2D eigenvalue weighted by atomic mass is 16.5. The zero-order valence-corrected chi connectivity index (χ0v) is 23.5. The number of hydrogen-bond donors (Lipinski definition) is 4. The predicted octanol–water partition coefficient (Wildman–Crippen LogP) is 5.24. The van der Waals surface area contributed by atoms with Gasteiger partial charge in [0.15, 0.2) is 11.5 Å². The van der Waals surface area contributed by atoms with Crippen LogP contribution in [0.3, 0.4) is 0 Å². The smallest absolute Gasteiger partial charge is 0.161 e. The second-order valence-corrected chi connectivity index (χ2v) is 11.2. The molecule has 0 radical (unpaired) electrons. The summed E-state index contributed by atoms with van der Waals surface area (Å²) in [4.78, 5) is 4.39. The molecule has 0 bridgehead atoms. The topological polar surface area (TPSA) is 110 Å². The summed E-state index contributed by atoms with van der Waals surface area (Å²) in [6.07, 6.45) is 11.9. The third-order valence-corrected chi connectivity index (χ3v) is 7.90. The monoisotopic (exact) mass is 535 g/mol. The Morgan fingerprint density at radius 3 is 2.79 bits per heavy atom. The van der Waals surface area contributed by atoms with Gasteiger partial charge in [0.2, 0.25) is 0 Å². The van der Waals surface area contributed by atoms with Crippen molar-refractivity contribution in [3.63, 3.8) is 0 Å². The molecule has 3 atom stereocenters. The minimum absolute atomic E-state index is 0.0616. The largest absolute Gasteiger partial charge is 0.504 e. The number of aromatic nitrogens is 1. The fourth-order valence-electron chi connectivity index (χ4n) is 5.55. The number of pyridine rings is 1. The average molecular weight is 536 g/mol. The quantitative estimate of drug-likeness (QED) is 0.325. The first kappa shape index (κ1) is 29.2. The van der Waals surface area contributed by atoms with Crippen LogP contribution in [0.25, 0.3) is 0 Å².